The molecule has 0 saturated carbocycles. The topological polar surface area (TPSA) is 0 Å². The molecule has 134 valence electrons. The van der Waals surface area contributed by atoms with Crippen LogP contribution in [0.5, 0.6) is 0 Å². The van der Waals surface area contributed by atoms with E-state index in [0.29, 0.717) is 0 Å². The highest BCUT2D eigenvalue weighted by Gasteiger charge is 2.22. The van der Waals surface area contributed by atoms with Crippen LogP contribution in [-0.2, 0) is 0 Å². The zero-order valence-electron chi connectivity index (χ0n) is 16.8. The van der Waals surface area contributed by atoms with E-state index in [1.165, 1.54) is 76.1 Å². The molecule has 0 aromatic heterocycles. The molecule has 0 aliphatic carbocycles. The second-order valence-corrected chi connectivity index (χ2v) is 8.47. The minimum absolute atomic E-state index is 1.14. The molecule has 0 heteroatoms. The maximum absolute atomic E-state index is 4.38. The van der Waals surface area contributed by atoms with Crippen molar-refractivity contribution >= 4 is 59.4 Å². The van der Waals surface area contributed by atoms with E-state index >= 15 is 0 Å². The smallest absolute Gasteiger partial charge is 0.000757 e. The van der Waals surface area contributed by atoms with Crippen LogP contribution in [-0.4, -0.2) is 0 Å². The van der Waals surface area contributed by atoms with Crippen molar-refractivity contribution in [2.75, 3.05) is 0 Å². The highest BCUT2D eigenvalue weighted by molar-refractivity contribution is 6.39. The average molecular weight is 358 g/mol. The second kappa shape index (κ2) is 5.02. The standard InChI is InChI=1S/C28H22/c1-14(2)24-21-11-7-9-19-15(3)12-22-17(5)20-10-6-8-18-16(4)13-23(24)28(25(18)20)27(22)26(19)21/h6-13H,1H2,2-5H3. The van der Waals surface area contributed by atoms with Crippen molar-refractivity contribution in [1.29, 1.82) is 0 Å². The van der Waals surface area contributed by atoms with Crippen molar-refractivity contribution in [3.8, 4) is 0 Å². The van der Waals surface area contributed by atoms with Crippen molar-refractivity contribution in [2.24, 2.45) is 0 Å². The van der Waals surface area contributed by atoms with Gasteiger partial charge in [-0.15, -0.1) is 0 Å². The van der Waals surface area contributed by atoms with E-state index in [-0.39, 0.29) is 0 Å². The lowest BCUT2D eigenvalue weighted by Crippen LogP contribution is -1.97. The summed E-state index contributed by atoms with van der Waals surface area (Å²) in [4.78, 5) is 0. The van der Waals surface area contributed by atoms with Crippen LogP contribution in [0.15, 0.2) is 55.1 Å². The first-order chi connectivity index (χ1) is 13.5. The Morgan fingerprint density at radius 2 is 1.11 bits per heavy atom. The summed E-state index contributed by atoms with van der Waals surface area (Å²) in [5.74, 6) is 0. The minimum atomic E-state index is 1.14. The fraction of sp³-hybridized carbons (Fsp3) is 0.143. The van der Waals surface area contributed by atoms with Gasteiger partial charge in [-0.05, 0) is 109 Å². The van der Waals surface area contributed by atoms with E-state index in [1.54, 1.807) is 0 Å². The molecule has 0 N–H and O–H groups in total. The van der Waals surface area contributed by atoms with Gasteiger partial charge in [-0.1, -0.05) is 55.1 Å². The van der Waals surface area contributed by atoms with E-state index in [2.05, 4.69) is 82.8 Å². The highest BCUT2D eigenvalue weighted by atomic mass is 14.2. The molecule has 0 amide bonds. The molecule has 0 saturated heterocycles. The zero-order valence-corrected chi connectivity index (χ0v) is 16.8. The molecule has 6 rings (SSSR count). The Hall–Kier alpha value is -3.12. The first-order valence-electron chi connectivity index (χ1n) is 10.00. The molecule has 0 spiro atoms. The molecule has 28 heavy (non-hydrogen) atoms. The van der Waals surface area contributed by atoms with Gasteiger partial charge in [0.2, 0.25) is 0 Å². The second-order valence-electron chi connectivity index (χ2n) is 8.47. The third-order valence-corrected chi connectivity index (χ3v) is 6.76. The van der Waals surface area contributed by atoms with Crippen LogP contribution >= 0.6 is 0 Å². The highest BCUT2D eigenvalue weighted by Crippen LogP contribution is 2.49. The largest absolute Gasteiger partial charge is 0.0955 e. The van der Waals surface area contributed by atoms with Crippen molar-refractivity contribution in [3.63, 3.8) is 0 Å². The summed E-state index contributed by atoms with van der Waals surface area (Å²) in [6.45, 7) is 13.3. The Bertz CT molecular complexity index is 1590. The van der Waals surface area contributed by atoms with Crippen LogP contribution < -0.4 is 0 Å². The summed E-state index contributed by atoms with van der Waals surface area (Å²) < 4.78 is 0. The maximum atomic E-state index is 4.38. The Kier molecular flexibility index (Phi) is 2.85. The predicted molar refractivity (Wildman–Crippen MR) is 125 cm³/mol. The molecule has 0 fully saturated rings. The normalized spacial score (nSPS) is 12.4. The van der Waals surface area contributed by atoms with E-state index in [0.717, 1.165) is 5.57 Å². The molecule has 0 aliphatic rings. The van der Waals surface area contributed by atoms with E-state index in [1.807, 2.05) is 0 Å². The Balaban J connectivity index is 2.17. The van der Waals surface area contributed by atoms with Gasteiger partial charge in [-0.2, -0.15) is 0 Å². The van der Waals surface area contributed by atoms with Gasteiger partial charge in [0.15, 0.2) is 0 Å². The van der Waals surface area contributed by atoms with Crippen LogP contribution in [0.25, 0.3) is 59.4 Å². The molecule has 0 bridgehead atoms. The van der Waals surface area contributed by atoms with Gasteiger partial charge < -0.3 is 0 Å². The van der Waals surface area contributed by atoms with Gasteiger partial charge in [-0.3, -0.25) is 0 Å². The van der Waals surface area contributed by atoms with Gasteiger partial charge in [0.1, 0.15) is 0 Å². The molecule has 0 heterocycles. The van der Waals surface area contributed by atoms with Crippen molar-refractivity contribution in [1.82, 2.24) is 0 Å². The Morgan fingerprint density at radius 1 is 0.607 bits per heavy atom. The molecule has 0 nitrogen and oxygen atoms in total. The zero-order chi connectivity index (χ0) is 19.3. The van der Waals surface area contributed by atoms with Gasteiger partial charge in [0, 0.05) is 0 Å². The van der Waals surface area contributed by atoms with Gasteiger partial charge >= 0.3 is 0 Å². The summed E-state index contributed by atoms with van der Waals surface area (Å²) >= 11 is 0. The van der Waals surface area contributed by atoms with Crippen LogP contribution in [0.2, 0.25) is 0 Å². The third-order valence-electron chi connectivity index (χ3n) is 6.76. The van der Waals surface area contributed by atoms with Gasteiger partial charge in [-0.25, -0.2) is 0 Å². The molecule has 6 aromatic carbocycles. The van der Waals surface area contributed by atoms with Crippen molar-refractivity contribution < 1.29 is 0 Å². The maximum Gasteiger partial charge on any atom is -0.000757 e. The lowest BCUT2D eigenvalue weighted by molar-refractivity contribution is 1.52. The summed E-state index contributed by atoms with van der Waals surface area (Å²) in [7, 11) is 0. The lowest BCUT2D eigenvalue weighted by Gasteiger charge is -2.23. The number of benzene rings is 6. The van der Waals surface area contributed by atoms with Crippen LogP contribution in [0.3, 0.4) is 0 Å². The van der Waals surface area contributed by atoms with Crippen molar-refractivity contribution in [2.45, 2.75) is 27.7 Å². The fourth-order valence-corrected chi connectivity index (χ4v) is 5.59. The minimum Gasteiger partial charge on any atom is -0.0955 e. The first kappa shape index (κ1) is 15.9. The number of aryl methyl sites for hydroxylation is 3. The molecule has 0 unspecified atom stereocenters. The van der Waals surface area contributed by atoms with E-state index < -0.39 is 0 Å². The molecule has 0 radical (unpaired) electrons. The monoisotopic (exact) mass is 358 g/mol. The summed E-state index contributed by atoms with van der Waals surface area (Å²) in [6.07, 6.45) is 0. The molecular weight excluding hydrogens is 336 g/mol. The predicted octanol–water partition coefficient (Wildman–Crippen LogP) is 8.29. The SMILES string of the molecule is C=C(C)c1c2cccc3c(C)cc4c(C)c5cccc6c(C)cc1c(c65)c4c32. The van der Waals surface area contributed by atoms with Crippen LogP contribution in [0, 0.1) is 20.8 Å². The lowest BCUT2D eigenvalue weighted by atomic mass is 9.79. The molecular formula is C28H22. The van der Waals surface area contributed by atoms with Crippen LogP contribution in [0.1, 0.15) is 29.2 Å². The number of allylic oxidation sites excluding steroid dienone is 1. The first-order valence-corrected chi connectivity index (χ1v) is 10.00. The number of hydrogen-bond acceptors (Lipinski definition) is 0. The van der Waals surface area contributed by atoms with Gasteiger partial charge in [0.05, 0.1) is 0 Å². The Labute approximate surface area is 164 Å². The van der Waals surface area contributed by atoms with E-state index in [4.69, 9.17) is 0 Å². The number of rotatable bonds is 1. The summed E-state index contributed by atoms with van der Waals surface area (Å²) in [5, 5.41) is 13.9. The molecule has 0 aliphatic heterocycles. The molecule has 0 atom stereocenters. The molecule has 6 aromatic rings. The number of hydrogen-bond donors (Lipinski definition) is 0. The van der Waals surface area contributed by atoms with E-state index in [9.17, 15) is 0 Å². The summed E-state index contributed by atoms with van der Waals surface area (Å²) in [5.41, 5.74) is 6.53. The van der Waals surface area contributed by atoms with Gasteiger partial charge in [0.25, 0.3) is 0 Å². The van der Waals surface area contributed by atoms with Crippen LogP contribution in [0.4, 0.5) is 0 Å². The van der Waals surface area contributed by atoms with Crippen molar-refractivity contribution in [3.05, 3.63) is 77.4 Å². The Morgan fingerprint density at radius 3 is 1.75 bits per heavy atom. The fourth-order valence-electron chi connectivity index (χ4n) is 5.59. The third kappa shape index (κ3) is 1.67. The quantitative estimate of drug-likeness (QED) is 0.205. The average Bonchev–Trinajstić information content (AvgIpc) is 2.68. The summed E-state index contributed by atoms with van der Waals surface area (Å²) in [6, 6.07) is 18.3.